The average Bonchev–Trinajstić information content (AvgIpc) is 2.90. The van der Waals surface area contributed by atoms with Gasteiger partial charge in [-0.1, -0.05) is 12.1 Å². The molecule has 2 rings (SSSR count). The molecule has 1 saturated heterocycles. The highest BCUT2D eigenvalue weighted by molar-refractivity contribution is 5.32. The van der Waals surface area contributed by atoms with E-state index >= 15 is 0 Å². The van der Waals surface area contributed by atoms with Crippen molar-refractivity contribution >= 4 is 0 Å². The Labute approximate surface area is 110 Å². The number of likely N-dealkylation sites (N-methyl/N-ethyl adjacent to an activating group) is 1. The maximum atomic E-state index is 8.87. The molecular weight excluding hydrogens is 222 g/mol. The van der Waals surface area contributed by atoms with Crippen LogP contribution in [0, 0.1) is 11.3 Å². The topological polar surface area (TPSA) is 30.3 Å². The lowest BCUT2D eigenvalue weighted by Crippen LogP contribution is -2.31. The molecule has 0 amide bonds. The van der Waals surface area contributed by atoms with Crippen molar-refractivity contribution in [2.75, 3.05) is 33.2 Å². The van der Waals surface area contributed by atoms with Crippen LogP contribution < -0.4 is 0 Å². The molecule has 1 aliphatic rings. The molecule has 1 aromatic carbocycles. The van der Waals surface area contributed by atoms with E-state index in [1.54, 1.807) is 0 Å². The third-order valence-corrected chi connectivity index (χ3v) is 3.51. The van der Waals surface area contributed by atoms with E-state index in [-0.39, 0.29) is 0 Å². The number of nitrogens with zero attached hydrogens (tertiary/aromatic N) is 3. The Balaban J connectivity index is 1.79. The second kappa shape index (κ2) is 6.53. The number of rotatable bonds is 5. The molecule has 0 unspecified atom stereocenters. The molecule has 3 nitrogen and oxygen atoms in total. The highest BCUT2D eigenvalue weighted by Crippen LogP contribution is 2.09. The standard InChI is InChI=1S/C15H21N3/c1-17(9-10-18-7-2-3-8-18)13-15-6-4-5-14(11-15)12-16/h4-6,11H,2-3,7-10,13H2,1H3. The average molecular weight is 243 g/mol. The first-order valence-electron chi connectivity index (χ1n) is 6.68. The molecule has 0 radical (unpaired) electrons. The van der Waals surface area contributed by atoms with Gasteiger partial charge in [-0.25, -0.2) is 0 Å². The molecule has 0 bridgehead atoms. The summed E-state index contributed by atoms with van der Waals surface area (Å²) in [6.07, 6.45) is 2.71. The summed E-state index contributed by atoms with van der Waals surface area (Å²) in [5.74, 6) is 0. The van der Waals surface area contributed by atoms with Gasteiger partial charge in [-0.05, 0) is 50.7 Å². The van der Waals surface area contributed by atoms with E-state index in [2.05, 4.69) is 29.0 Å². The Hall–Kier alpha value is -1.37. The zero-order valence-electron chi connectivity index (χ0n) is 11.1. The van der Waals surface area contributed by atoms with Gasteiger partial charge in [0.1, 0.15) is 0 Å². The predicted octanol–water partition coefficient (Wildman–Crippen LogP) is 2.09. The lowest BCUT2D eigenvalue weighted by atomic mass is 10.1. The SMILES string of the molecule is CN(CCN1CCCC1)Cc1cccc(C#N)c1. The van der Waals surface area contributed by atoms with E-state index in [1.807, 2.05) is 18.2 Å². The number of benzene rings is 1. The molecule has 1 heterocycles. The maximum Gasteiger partial charge on any atom is 0.0991 e. The molecule has 18 heavy (non-hydrogen) atoms. The maximum absolute atomic E-state index is 8.87. The minimum atomic E-state index is 0.750. The van der Waals surface area contributed by atoms with Crippen molar-refractivity contribution in [3.05, 3.63) is 35.4 Å². The molecule has 96 valence electrons. The van der Waals surface area contributed by atoms with Gasteiger partial charge < -0.3 is 9.80 Å². The van der Waals surface area contributed by atoms with Gasteiger partial charge in [0, 0.05) is 19.6 Å². The summed E-state index contributed by atoms with van der Waals surface area (Å²) in [6, 6.07) is 10.1. The second-order valence-corrected chi connectivity index (χ2v) is 5.10. The lowest BCUT2D eigenvalue weighted by molar-refractivity contribution is 0.252. The molecule has 0 aromatic heterocycles. The summed E-state index contributed by atoms with van der Waals surface area (Å²) in [4.78, 5) is 4.86. The fourth-order valence-corrected chi connectivity index (χ4v) is 2.45. The minimum Gasteiger partial charge on any atom is -0.302 e. The smallest absolute Gasteiger partial charge is 0.0991 e. The number of hydrogen-bond donors (Lipinski definition) is 0. The van der Waals surface area contributed by atoms with Crippen molar-refractivity contribution in [1.82, 2.24) is 9.80 Å². The highest BCUT2D eigenvalue weighted by atomic mass is 15.2. The third-order valence-electron chi connectivity index (χ3n) is 3.51. The third kappa shape index (κ3) is 3.83. The first-order valence-corrected chi connectivity index (χ1v) is 6.68. The van der Waals surface area contributed by atoms with Gasteiger partial charge in [0.2, 0.25) is 0 Å². The monoisotopic (exact) mass is 243 g/mol. The van der Waals surface area contributed by atoms with Crippen molar-refractivity contribution in [2.24, 2.45) is 0 Å². The van der Waals surface area contributed by atoms with Crippen LogP contribution in [0.5, 0.6) is 0 Å². The summed E-state index contributed by atoms with van der Waals surface area (Å²) in [5, 5.41) is 8.87. The fraction of sp³-hybridized carbons (Fsp3) is 0.533. The van der Waals surface area contributed by atoms with E-state index in [4.69, 9.17) is 5.26 Å². The Morgan fingerprint density at radius 2 is 2.11 bits per heavy atom. The summed E-state index contributed by atoms with van der Waals surface area (Å²) in [6.45, 7) is 5.70. The van der Waals surface area contributed by atoms with Crippen molar-refractivity contribution in [3.63, 3.8) is 0 Å². The Morgan fingerprint density at radius 3 is 2.83 bits per heavy atom. The Bertz CT molecular complexity index is 416. The molecule has 0 atom stereocenters. The van der Waals surface area contributed by atoms with E-state index in [0.717, 1.165) is 25.2 Å². The molecule has 1 aromatic rings. The second-order valence-electron chi connectivity index (χ2n) is 5.10. The van der Waals surface area contributed by atoms with Crippen molar-refractivity contribution < 1.29 is 0 Å². The summed E-state index contributed by atoms with van der Waals surface area (Å²) in [5.41, 5.74) is 1.97. The van der Waals surface area contributed by atoms with Crippen LogP contribution in [-0.2, 0) is 6.54 Å². The molecule has 0 N–H and O–H groups in total. The van der Waals surface area contributed by atoms with Crippen molar-refractivity contribution in [2.45, 2.75) is 19.4 Å². The van der Waals surface area contributed by atoms with Gasteiger partial charge in [0.15, 0.2) is 0 Å². The van der Waals surface area contributed by atoms with Crippen LogP contribution in [0.2, 0.25) is 0 Å². The fourth-order valence-electron chi connectivity index (χ4n) is 2.45. The van der Waals surface area contributed by atoms with Gasteiger partial charge in [-0.2, -0.15) is 5.26 Å². The lowest BCUT2D eigenvalue weighted by Gasteiger charge is -2.21. The van der Waals surface area contributed by atoms with Crippen LogP contribution in [0.3, 0.4) is 0 Å². The molecule has 3 heteroatoms. The van der Waals surface area contributed by atoms with Gasteiger partial charge in [-0.3, -0.25) is 0 Å². The normalized spacial score (nSPS) is 16.1. The predicted molar refractivity (Wildman–Crippen MR) is 73.2 cm³/mol. The number of nitriles is 1. The highest BCUT2D eigenvalue weighted by Gasteiger charge is 2.11. The first kappa shape index (κ1) is 13.1. The zero-order chi connectivity index (χ0) is 12.8. The number of hydrogen-bond acceptors (Lipinski definition) is 3. The van der Waals surface area contributed by atoms with Crippen LogP contribution >= 0.6 is 0 Å². The van der Waals surface area contributed by atoms with Crippen LogP contribution in [0.4, 0.5) is 0 Å². The molecule has 0 aliphatic carbocycles. The Morgan fingerprint density at radius 1 is 1.33 bits per heavy atom. The molecule has 1 aliphatic heterocycles. The van der Waals surface area contributed by atoms with Crippen molar-refractivity contribution in [1.29, 1.82) is 5.26 Å². The summed E-state index contributed by atoms with van der Waals surface area (Å²) in [7, 11) is 2.15. The van der Waals surface area contributed by atoms with Crippen LogP contribution in [0.25, 0.3) is 0 Å². The minimum absolute atomic E-state index is 0.750. The molecule has 0 saturated carbocycles. The Kier molecular flexibility index (Phi) is 4.74. The van der Waals surface area contributed by atoms with Crippen molar-refractivity contribution in [3.8, 4) is 6.07 Å². The van der Waals surface area contributed by atoms with Gasteiger partial charge in [0.25, 0.3) is 0 Å². The van der Waals surface area contributed by atoms with E-state index < -0.39 is 0 Å². The largest absolute Gasteiger partial charge is 0.302 e. The van der Waals surface area contributed by atoms with E-state index in [0.29, 0.717) is 0 Å². The quantitative estimate of drug-likeness (QED) is 0.793. The van der Waals surface area contributed by atoms with Gasteiger partial charge >= 0.3 is 0 Å². The zero-order valence-corrected chi connectivity index (χ0v) is 11.1. The summed E-state index contributed by atoms with van der Waals surface area (Å²) >= 11 is 0. The number of likely N-dealkylation sites (tertiary alicyclic amines) is 1. The van der Waals surface area contributed by atoms with Crippen LogP contribution in [0.15, 0.2) is 24.3 Å². The molecular formula is C15H21N3. The van der Waals surface area contributed by atoms with Crippen LogP contribution in [0.1, 0.15) is 24.0 Å². The van der Waals surface area contributed by atoms with E-state index in [1.165, 1.54) is 31.5 Å². The van der Waals surface area contributed by atoms with Crippen LogP contribution in [-0.4, -0.2) is 43.0 Å². The van der Waals surface area contributed by atoms with Gasteiger partial charge in [0.05, 0.1) is 11.6 Å². The summed E-state index contributed by atoms with van der Waals surface area (Å²) < 4.78 is 0. The molecule has 0 spiro atoms. The first-order chi connectivity index (χ1) is 8.78. The molecule has 1 fully saturated rings. The van der Waals surface area contributed by atoms with Gasteiger partial charge in [-0.15, -0.1) is 0 Å². The van der Waals surface area contributed by atoms with E-state index in [9.17, 15) is 0 Å².